The lowest BCUT2D eigenvalue weighted by molar-refractivity contribution is 0.391. The third-order valence-electron chi connectivity index (χ3n) is 3.53. The molecule has 0 atom stereocenters. The highest BCUT2D eigenvalue weighted by atomic mass is 32.2. The molecule has 0 radical (unpaired) electrons. The first-order chi connectivity index (χ1) is 7.36. The van der Waals surface area contributed by atoms with Gasteiger partial charge in [0.2, 0.25) is 0 Å². The predicted molar refractivity (Wildman–Crippen MR) is 72.4 cm³/mol. The smallest absolute Gasteiger partial charge is 0.136 e. The molecule has 0 aromatic heterocycles. The fourth-order valence-electron chi connectivity index (χ4n) is 2.53. The Kier molecular flexibility index (Phi) is 4.76. The molecule has 1 aliphatic heterocycles. The Morgan fingerprint density at radius 1 is 1.07 bits per heavy atom. The van der Waals surface area contributed by atoms with Gasteiger partial charge in [-0.1, -0.05) is 43.2 Å². The van der Waals surface area contributed by atoms with Crippen molar-refractivity contribution >= 4 is 28.3 Å². The molecular weight excluding hydrogens is 222 g/mol. The number of nitrogens with zero attached hydrogens (tertiary/aromatic N) is 1. The molecule has 0 N–H and O–H groups in total. The van der Waals surface area contributed by atoms with Gasteiger partial charge in [0, 0.05) is 18.8 Å². The molecule has 1 nitrogen and oxygen atoms in total. The lowest BCUT2D eigenvalue weighted by atomic mass is 9.91. The summed E-state index contributed by atoms with van der Waals surface area (Å²) in [6.07, 6.45) is 9.90. The summed E-state index contributed by atoms with van der Waals surface area (Å²) in [7, 11) is 0. The third-order valence-corrected chi connectivity index (χ3v) is 5.29. The van der Waals surface area contributed by atoms with Gasteiger partial charge in [0.15, 0.2) is 0 Å². The molecule has 2 aliphatic rings. The quantitative estimate of drug-likeness (QED) is 0.681. The van der Waals surface area contributed by atoms with Gasteiger partial charge in [0.05, 0.1) is 0 Å². The van der Waals surface area contributed by atoms with Crippen LogP contribution in [0.5, 0.6) is 0 Å². The summed E-state index contributed by atoms with van der Waals surface area (Å²) in [5.41, 5.74) is 0. The zero-order chi connectivity index (χ0) is 10.5. The second-order valence-electron chi connectivity index (χ2n) is 4.78. The Labute approximate surface area is 103 Å². The first-order valence-corrected chi connectivity index (χ1v) is 7.67. The molecule has 2 fully saturated rings. The molecular formula is C12H21NS2. The van der Waals surface area contributed by atoms with Crippen LogP contribution in [0.3, 0.4) is 0 Å². The van der Waals surface area contributed by atoms with Crippen LogP contribution in [0.4, 0.5) is 0 Å². The first-order valence-electron chi connectivity index (χ1n) is 6.28. The number of rotatable bonds is 2. The zero-order valence-electron chi connectivity index (χ0n) is 9.41. The third kappa shape index (κ3) is 3.63. The Balaban J connectivity index is 1.65. The number of hydrogen-bond acceptors (Lipinski definition) is 2. The van der Waals surface area contributed by atoms with E-state index < -0.39 is 0 Å². The minimum absolute atomic E-state index is 0.948. The van der Waals surface area contributed by atoms with Gasteiger partial charge < -0.3 is 4.90 Å². The maximum absolute atomic E-state index is 5.47. The van der Waals surface area contributed by atoms with Crippen LogP contribution in [-0.4, -0.2) is 28.1 Å². The van der Waals surface area contributed by atoms with Gasteiger partial charge in [-0.3, -0.25) is 0 Å². The van der Waals surface area contributed by atoms with Crippen molar-refractivity contribution in [2.45, 2.75) is 44.9 Å². The monoisotopic (exact) mass is 243 g/mol. The maximum atomic E-state index is 5.47. The van der Waals surface area contributed by atoms with E-state index in [1.54, 1.807) is 0 Å². The highest BCUT2D eigenvalue weighted by molar-refractivity contribution is 8.22. The largest absolute Gasteiger partial charge is 0.358 e. The topological polar surface area (TPSA) is 3.24 Å². The normalized spacial score (nSPS) is 23.3. The van der Waals surface area contributed by atoms with E-state index in [-0.39, 0.29) is 0 Å². The van der Waals surface area contributed by atoms with Crippen LogP contribution in [0, 0.1) is 5.92 Å². The molecule has 3 heteroatoms. The molecule has 0 amide bonds. The Morgan fingerprint density at radius 3 is 2.40 bits per heavy atom. The molecule has 1 saturated carbocycles. The van der Waals surface area contributed by atoms with Gasteiger partial charge in [-0.05, 0) is 31.6 Å². The van der Waals surface area contributed by atoms with Crippen molar-refractivity contribution in [1.29, 1.82) is 0 Å². The van der Waals surface area contributed by atoms with Crippen molar-refractivity contribution < 1.29 is 0 Å². The summed E-state index contributed by atoms with van der Waals surface area (Å²) < 4.78 is 1.16. The summed E-state index contributed by atoms with van der Waals surface area (Å²) in [6, 6.07) is 0. The highest BCUT2D eigenvalue weighted by Crippen LogP contribution is 2.28. The summed E-state index contributed by atoms with van der Waals surface area (Å²) in [6.45, 7) is 2.41. The first kappa shape index (κ1) is 11.7. The molecule has 0 unspecified atom stereocenters. The van der Waals surface area contributed by atoms with E-state index in [1.165, 1.54) is 63.8 Å². The lowest BCUT2D eigenvalue weighted by Crippen LogP contribution is -2.24. The van der Waals surface area contributed by atoms with Crippen LogP contribution < -0.4 is 0 Å². The SMILES string of the molecule is S=C(SCC1CCCCC1)N1CCCC1. The number of thioether (sulfide) groups is 1. The van der Waals surface area contributed by atoms with Crippen molar-refractivity contribution in [1.82, 2.24) is 4.90 Å². The Hall–Kier alpha value is 0.240. The predicted octanol–water partition coefficient (Wildman–Crippen LogP) is 3.68. The Morgan fingerprint density at radius 2 is 1.73 bits per heavy atom. The standard InChI is InChI=1S/C12H21NS2/c14-12(13-8-4-5-9-13)15-10-11-6-2-1-3-7-11/h11H,1-10H2. The molecule has 1 heterocycles. The van der Waals surface area contributed by atoms with Crippen LogP contribution in [0.15, 0.2) is 0 Å². The minimum atomic E-state index is 0.948. The van der Waals surface area contributed by atoms with E-state index in [0.29, 0.717) is 0 Å². The number of thiocarbonyl (C=S) groups is 1. The summed E-state index contributed by atoms with van der Waals surface area (Å²) in [4.78, 5) is 2.39. The molecule has 1 aliphatic carbocycles. The Bertz CT molecular complexity index is 206. The van der Waals surface area contributed by atoms with Crippen molar-refractivity contribution in [3.8, 4) is 0 Å². The summed E-state index contributed by atoms with van der Waals surface area (Å²) >= 11 is 7.41. The second-order valence-corrected chi connectivity index (χ2v) is 6.43. The summed E-state index contributed by atoms with van der Waals surface area (Å²) in [5, 5.41) is 0. The summed E-state index contributed by atoms with van der Waals surface area (Å²) in [5.74, 6) is 2.22. The van der Waals surface area contributed by atoms with E-state index in [9.17, 15) is 0 Å². The molecule has 0 aromatic rings. The van der Waals surface area contributed by atoms with Crippen LogP contribution in [0.25, 0.3) is 0 Å². The van der Waals surface area contributed by atoms with E-state index in [1.807, 2.05) is 11.8 Å². The van der Waals surface area contributed by atoms with Crippen molar-refractivity contribution in [3.05, 3.63) is 0 Å². The molecule has 0 spiro atoms. The number of likely N-dealkylation sites (tertiary alicyclic amines) is 1. The highest BCUT2D eigenvalue weighted by Gasteiger charge is 2.18. The second kappa shape index (κ2) is 6.09. The van der Waals surface area contributed by atoms with Gasteiger partial charge in [0.25, 0.3) is 0 Å². The molecule has 0 aromatic carbocycles. The van der Waals surface area contributed by atoms with Gasteiger partial charge >= 0.3 is 0 Å². The van der Waals surface area contributed by atoms with E-state index >= 15 is 0 Å². The fourth-order valence-corrected chi connectivity index (χ4v) is 4.00. The van der Waals surface area contributed by atoms with E-state index in [0.717, 1.165) is 10.2 Å². The average molecular weight is 243 g/mol. The number of hydrogen-bond donors (Lipinski definition) is 0. The van der Waals surface area contributed by atoms with E-state index in [2.05, 4.69) is 4.90 Å². The van der Waals surface area contributed by atoms with Gasteiger partial charge in [-0.15, -0.1) is 0 Å². The molecule has 0 bridgehead atoms. The average Bonchev–Trinajstić information content (AvgIpc) is 2.81. The van der Waals surface area contributed by atoms with Crippen molar-refractivity contribution in [2.24, 2.45) is 5.92 Å². The van der Waals surface area contributed by atoms with Crippen LogP contribution >= 0.6 is 24.0 Å². The van der Waals surface area contributed by atoms with E-state index in [4.69, 9.17) is 12.2 Å². The molecule has 15 heavy (non-hydrogen) atoms. The van der Waals surface area contributed by atoms with Crippen molar-refractivity contribution in [2.75, 3.05) is 18.8 Å². The molecule has 2 rings (SSSR count). The maximum Gasteiger partial charge on any atom is 0.136 e. The molecule has 1 saturated heterocycles. The lowest BCUT2D eigenvalue weighted by Gasteiger charge is -2.23. The fraction of sp³-hybridized carbons (Fsp3) is 0.917. The zero-order valence-corrected chi connectivity index (χ0v) is 11.0. The van der Waals surface area contributed by atoms with Gasteiger partial charge in [-0.25, -0.2) is 0 Å². The minimum Gasteiger partial charge on any atom is -0.358 e. The molecule has 86 valence electrons. The van der Waals surface area contributed by atoms with Crippen LogP contribution in [-0.2, 0) is 0 Å². The van der Waals surface area contributed by atoms with Crippen LogP contribution in [0.1, 0.15) is 44.9 Å². The van der Waals surface area contributed by atoms with Gasteiger partial charge in [-0.2, -0.15) is 0 Å². The van der Waals surface area contributed by atoms with Gasteiger partial charge in [0.1, 0.15) is 4.32 Å². The van der Waals surface area contributed by atoms with Crippen LogP contribution in [0.2, 0.25) is 0 Å². The van der Waals surface area contributed by atoms with Crippen molar-refractivity contribution in [3.63, 3.8) is 0 Å².